The predicted molar refractivity (Wildman–Crippen MR) is 68.9 cm³/mol. The van der Waals surface area contributed by atoms with Crippen LogP contribution in [0.1, 0.15) is 33.6 Å². The minimum Gasteiger partial charge on any atom is -0.478 e. The highest BCUT2D eigenvalue weighted by Crippen LogP contribution is 2.38. The van der Waals surface area contributed by atoms with E-state index in [1.807, 2.05) is 0 Å². The molecule has 0 bridgehead atoms. The van der Waals surface area contributed by atoms with Crippen molar-refractivity contribution < 1.29 is 32.6 Å². The van der Waals surface area contributed by atoms with Crippen LogP contribution in [0.5, 0.6) is 0 Å². The van der Waals surface area contributed by atoms with Gasteiger partial charge in [0, 0.05) is 4.88 Å². The molecule has 9 heteroatoms. The molecule has 0 aromatic carbocycles. The molecule has 2 N–H and O–H groups in total. The number of carbonyl (C=O) groups is 2. The standard InChI is InChI=1S/C12H12F3NO4S/c13-12(14,15)5-20-11(19)16-9-8(10(17)18)6-3-1-2-4-7(6)21-9/h1-5H2,(H,16,19)(H,17,18). The summed E-state index contributed by atoms with van der Waals surface area (Å²) in [6, 6.07) is 0. The SMILES string of the molecule is O=C(Nc1sc2c(c1C(=O)O)CCCC2)OCC(F)(F)F. The molecule has 116 valence electrons. The van der Waals surface area contributed by atoms with Gasteiger partial charge in [-0.05, 0) is 31.2 Å². The van der Waals surface area contributed by atoms with Crippen LogP contribution < -0.4 is 5.32 Å². The number of carbonyl (C=O) groups excluding carboxylic acids is 1. The van der Waals surface area contributed by atoms with Gasteiger partial charge in [-0.25, -0.2) is 9.59 Å². The number of rotatable bonds is 3. The number of amides is 1. The van der Waals surface area contributed by atoms with Gasteiger partial charge < -0.3 is 9.84 Å². The molecule has 5 nitrogen and oxygen atoms in total. The van der Waals surface area contributed by atoms with Crippen molar-refractivity contribution >= 4 is 28.4 Å². The molecule has 1 aliphatic carbocycles. The number of fused-ring (bicyclic) bond motifs is 1. The Morgan fingerprint density at radius 3 is 2.57 bits per heavy atom. The van der Waals surface area contributed by atoms with Gasteiger partial charge in [-0.3, -0.25) is 5.32 Å². The number of anilines is 1. The number of carboxylic acids is 1. The van der Waals surface area contributed by atoms with E-state index in [4.69, 9.17) is 0 Å². The molecule has 0 saturated heterocycles. The Hall–Kier alpha value is -1.77. The lowest BCUT2D eigenvalue weighted by Gasteiger charge is -2.11. The van der Waals surface area contributed by atoms with Crippen LogP contribution in [0.2, 0.25) is 0 Å². The predicted octanol–water partition coefficient (Wildman–Crippen LogP) is 3.44. The molecule has 0 atom stereocenters. The van der Waals surface area contributed by atoms with Crippen molar-refractivity contribution in [2.75, 3.05) is 11.9 Å². The van der Waals surface area contributed by atoms with Crippen LogP contribution in [0.3, 0.4) is 0 Å². The van der Waals surface area contributed by atoms with E-state index in [0.29, 0.717) is 18.4 Å². The van der Waals surface area contributed by atoms with Gasteiger partial charge in [0.25, 0.3) is 0 Å². The number of nitrogens with one attached hydrogen (secondary N) is 1. The lowest BCUT2D eigenvalue weighted by Crippen LogP contribution is -2.23. The van der Waals surface area contributed by atoms with Crippen molar-refractivity contribution in [3.05, 3.63) is 16.0 Å². The Kier molecular flexibility index (Phi) is 4.40. The highest BCUT2D eigenvalue weighted by atomic mass is 32.1. The van der Waals surface area contributed by atoms with Gasteiger partial charge in [0.1, 0.15) is 5.00 Å². The number of alkyl halides is 3. The Morgan fingerprint density at radius 1 is 1.29 bits per heavy atom. The van der Waals surface area contributed by atoms with E-state index in [1.165, 1.54) is 0 Å². The normalized spacial score (nSPS) is 14.4. The minimum atomic E-state index is -4.62. The fraction of sp³-hybridized carbons (Fsp3) is 0.500. The van der Waals surface area contributed by atoms with Crippen molar-refractivity contribution in [1.82, 2.24) is 0 Å². The van der Waals surface area contributed by atoms with Crippen LogP contribution in [0.15, 0.2) is 0 Å². The van der Waals surface area contributed by atoms with Gasteiger partial charge in [-0.2, -0.15) is 13.2 Å². The zero-order valence-electron chi connectivity index (χ0n) is 10.7. The van der Waals surface area contributed by atoms with E-state index < -0.39 is 24.8 Å². The molecule has 0 radical (unpaired) electrons. The van der Waals surface area contributed by atoms with Crippen LogP contribution in [-0.2, 0) is 17.6 Å². The Balaban J connectivity index is 2.14. The monoisotopic (exact) mass is 323 g/mol. The van der Waals surface area contributed by atoms with Crippen molar-refractivity contribution in [2.24, 2.45) is 0 Å². The van der Waals surface area contributed by atoms with Crippen LogP contribution in [0.25, 0.3) is 0 Å². The molecule has 0 unspecified atom stereocenters. The minimum absolute atomic E-state index is 0.0292. The summed E-state index contributed by atoms with van der Waals surface area (Å²) in [6.45, 7) is -1.72. The number of aryl methyl sites for hydroxylation is 1. The summed E-state index contributed by atoms with van der Waals surface area (Å²) in [5, 5.41) is 11.3. The largest absolute Gasteiger partial charge is 0.478 e. The molecule has 0 aliphatic heterocycles. The first-order valence-corrected chi connectivity index (χ1v) is 6.98. The Bertz CT molecular complexity index is 568. The summed E-state index contributed by atoms with van der Waals surface area (Å²) < 4.78 is 39.9. The van der Waals surface area contributed by atoms with E-state index in [1.54, 1.807) is 0 Å². The maximum atomic E-state index is 12.0. The molecule has 1 aliphatic rings. The highest BCUT2D eigenvalue weighted by Gasteiger charge is 2.31. The third kappa shape index (κ3) is 3.87. The molecule has 0 fully saturated rings. The second-order valence-electron chi connectivity index (χ2n) is 4.54. The quantitative estimate of drug-likeness (QED) is 0.893. The number of carboxylic acid groups (broad SMARTS) is 1. The number of halogens is 3. The molecule has 1 aromatic rings. The number of hydrogen-bond acceptors (Lipinski definition) is 4. The van der Waals surface area contributed by atoms with Gasteiger partial charge in [0.05, 0.1) is 5.56 Å². The van der Waals surface area contributed by atoms with Gasteiger partial charge in [0.2, 0.25) is 0 Å². The zero-order valence-corrected chi connectivity index (χ0v) is 11.6. The van der Waals surface area contributed by atoms with Crippen LogP contribution in [0, 0.1) is 0 Å². The van der Waals surface area contributed by atoms with E-state index in [-0.39, 0.29) is 10.6 Å². The molecule has 1 amide bonds. The number of ether oxygens (including phenoxy) is 1. The molecule has 0 saturated carbocycles. The maximum Gasteiger partial charge on any atom is 0.422 e. The van der Waals surface area contributed by atoms with Crippen LogP contribution in [-0.4, -0.2) is 30.0 Å². The lowest BCUT2D eigenvalue weighted by atomic mass is 9.95. The first-order chi connectivity index (χ1) is 9.78. The fourth-order valence-corrected chi connectivity index (χ4v) is 3.42. The summed E-state index contributed by atoms with van der Waals surface area (Å²) in [6.07, 6.45) is -2.87. The van der Waals surface area contributed by atoms with Crippen molar-refractivity contribution in [3.63, 3.8) is 0 Å². The van der Waals surface area contributed by atoms with E-state index >= 15 is 0 Å². The van der Waals surface area contributed by atoms with Gasteiger partial charge >= 0.3 is 18.2 Å². The van der Waals surface area contributed by atoms with Gasteiger partial charge in [-0.15, -0.1) is 11.3 Å². The third-order valence-electron chi connectivity index (χ3n) is 2.97. The second-order valence-corrected chi connectivity index (χ2v) is 5.64. The van der Waals surface area contributed by atoms with E-state index in [2.05, 4.69) is 10.1 Å². The van der Waals surface area contributed by atoms with Crippen LogP contribution in [0.4, 0.5) is 23.0 Å². The number of hydrogen-bond donors (Lipinski definition) is 2. The number of thiophene rings is 1. The summed E-state index contributed by atoms with van der Waals surface area (Å²) >= 11 is 1.08. The summed E-state index contributed by atoms with van der Waals surface area (Å²) in [7, 11) is 0. The molecule has 2 rings (SSSR count). The topological polar surface area (TPSA) is 75.6 Å². The van der Waals surface area contributed by atoms with Crippen molar-refractivity contribution in [2.45, 2.75) is 31.9 Å². The Morgan fingerprint density at radius 2 is 1.95 bits per heavy atom. The molecule has 21 heavy (non-hydrogen) atoms. The second kappa shape index (κ2) is 5.92. The Labute approximate surface area is 121 Å². The molecule has 0 spiro atoms. The molecule has 1 aromatic heterocycles. The first-order valence-electron chi connectivity index (χ1n) is 6.16. The van der Waals surface area contributed by atoms with Crippen LogP contribution >= 0.6 is 11.3 Å². The summed E-state index contributed by atoms with van der Waals surface area (Å²) in [5.74, 6) is -1.21. The van der Waals surface area contributed by atoms with Crippen molar-refractivity contribution in [3.8, 4) is 0 Å². The average molecular weight is 323 g/mol. The van der Waals surface area contributed by atoms with E-state index in [0.717, 1.165) is 29.1 Å². The zero-order chi connectivity index (χ0) is 15.6. The molecular formula is C12H12F3NO4S. The van der Waals surface area contributed by atoms with Gasteiger partial charge in [-0.1, -0.05) is 0 Å². The number of aromatic carboxylic acids is 1. The summed E-state index contributed by atoms with van der Waals surface area (Å²) in [4.78, 5) is 23.5. The smallest absolute Gasteiger partial charge is 0.422 e. The lowest BCUT2D eigenvalue weighted by molar-refractivity contribution is -0.159. The maximum absolute atomic E-state index is 12.0. The van der Waals surface area contributed by atoms with Crippen molar-refractivity contribution in [1.29, 1.82) is 0 Å². The fourth-order valence-electron chi connectivity index (χ4n) is 2.16. The van der Waals surface area contributed by atoms with Gasteiger partial charge in [0.15, 0.2) is 6.61 Å². The first kappa shape index (κ1) is 15.6. The van der Waals surface area contributed by atoms with E-state index in [9.17, 15) is 27.9 Å². The molecular weight excluding hydrogens is 311 g/mol. The highest BCUT2D eigenvalue weighted by molar-refractivity contribution is 7.17. The molecule has 1 heterocycles. The third-order valence-corrected chi connectivity index (χ3v) is 4.17. The average Bonchev–Trinajstić information content (AvgIpc) is 2.73. The summed E-state index contributed by atoms with van der Waals surface area (Å²) in [5.41, 5.74) is 0.614.